The summed E-state index contributed by atoms with van der Waals surface area (Å²) < 4.78 is 6.28. The van der Waals surface area contributed by atoms with Crippen molar-refractivity contribution in [2.75, 3.05) is 0 Å². The lowest BCUT2D eigenvalue weighted by molar-refractivity contribution is 0.427. The van der Waals surface area contributed by atoms with Crippen molar-refractivity contribution in [3.63, 3.8) is 0 Å². The van der Waals surface area contributed by atoms with Crippen LogP contribution >= 0.6 is 22.7 Å². The second-order valence-electron chi connectivity index (χ2n) is 4.09. The van der Waals surface area contributed by atoms with Crippen LogP contribution in [-0.4, -0.2) is 20.2 Å². The van der Waals surface area contributed by atoms with Gasteiger partial charge in [0.25, 0.3) is 5.89 Å². The molecule has 7 heteroatoms. The summed E-state index contributed by atoms with van der Waals surface area (Å²) in [5.74, 6) is 0.936. The highest BCUT2D eigenvalue weighted by Crippen LogP contribution is 2.34. The van der Waals surface area contributed by atoms with Crippen molar-refractivity contribution in [2.45, 2.75) is 0 Å². The zero-order valence-electron chi connectivity index (χ0n) is 9.98. The van der Waals surface area contributed by atoms with E-state index >= 15 is 0 Å². The Morgan fingerprint density at radius 3 is 2.90 bits per heavy atom. The largest absolute Gasteiger partial charge is 0.506 e. The molecule has 0 saturated heterocycles. The van der Waals surface area contributed by atoms with E-state index in [0.717, 1.165) is 15.8 Å². The third kappa shape index (κ3) is 1.79. The van der Waals surface area contributed by atoms with E-state index in [-0.39, 0.29) is 5.75 Å². The third-order valence-corrected chi connectivity index (χ3v) is 4.57. The van der Waals surface area contributed by atoms with Crippen LogP contribution in [0.25, 0.3) is 32.4 Å². The monoisotopic (exact) mass is 301 g/mol. The molecule has 4 rings (SSSR count). The predicted octanol–water partition coefficient (Wildman–Crippen LogP) is 3.78. The number of fused-ring (bicyclic) bond motifs is 1. The second-order valence-corrected chi connectivity index (χ2v) is 5.95. The van der Waals surface area contributed by atoms with E-state index in [1.54, 1.807) is 29.0 Å². The van der Waals surface area contributed by atoms with Crippen LogP contribution in [0.1, 0.15) is 0 Å². The van der Waals surface area contributed by atoms with Gasteiger partial charge in [0, 0.05) is 11.8 Å². The molecule has 20 heavy (non-hydrogen) atoms. The van der Waals surface area contributed by atoms with Crippen LogP contribution in [0.15, 0.2) is 39.7 Å². The normalized spacial score (nSPS) is 11.2. The second kappa shape index (κ2) is 4.39. The van der Waals surface area contributed by atoms with E-state index in [4.69, 9.17) is 4.52 Å². The first-order valence-corrected chi connectivity index (χ1v) is 7.51. The molecule has 0 spiro atoms. The minimum Gasteiger partial charge on any atom is -0.506 e. The van der Waals surface area contributed by atoms with Crippen LogP contribution in [0, 0.1) is 0 Å². The van der Waals surface area contributed by atoms with Gasteiger partial charge in [0.15, 0.2) is 0 Å². The van der Waals surface area contributed by atoms with Crippen molar-refractivity contribution < 1.29 is 9.63 Å². The van der Waals surface area contributed by atoms with E-state index < -0.39 is 0 Å². The fraction of sp³-hybridized carbons (Fsp3) is 0. The molecular weight excluding hydrogens is 294 g/mol. The summed E-state index contributed by atoms with van der Waals surface area (Å²) >= 11 is 2.97. The van der Waals surface area contributed by atoms with E-state index in [1.807, 2.05) is 17.5 Å². The molecule has 98 valence electrons. The summed E-state index contributed by atoms with van der Waals surface area (Å²) in [4.78, 5) is 9.24. The number of nitrogens with zero attached hydrogens (tertiary/aromatic N) is 3. The maximum absolute atomic E-state index is 9.67. The summed E-state index contributed by atoms with van der Waals surface area (Å²) in [6.07, 6.45) is 1.72. The van der Waals surface area contributed by atoms with Crippen molar-refractivity contribution in [1.82, 2.24) is 15.1 Å². The molecule has 0 fully saturated rings. The molecular formula is C13H7N3O2S2. The zero-order valence-corrected chi connectivity index (χ0v) is 11.6. The number of aromatic hydroxyl groups is 1. The van der Waals surface area contributed by atoms with Gasteiger partial charge in [-0.2, -0.15) is 4.98 Å². The summed E-state index contributed by atoms with van der Waals surface area (Å²) in [5.41, 5.74) is 1.75. The minimum atomic E-state index is 0.150. The molecule has 0 atom stereocenters. The van der Waals surface area contributed by atoms with E-state index in [1.165, 1.54) is 11.3 Å². The Morgan fingerprint density at radius 1 is 1.15 bits per heavy atom. The van der Waals surface area contributed by atoms with Gasteiger partial charge in [0.1, 0.15) is 10.6 Å². The Kier molecular flexibility index (Phi) is 2.54. The van der Waals surface area contributed by atoms with Gasteiger partial charge >= 0.3 is 0 Å². The van der Waals surface area contributed by atoms with Crippen molar-refractivity contribution in [3.8, 4) is 27.9 Å². The first kappa shape index (κ1) is 11.6. The average molecular weight is 301 g/mol. The lowest BCUT2D eigenvalue weighted by Crippen LogP contribution is -1.82. The van der Waals surface area contributed by atoms with Gasteiger partial charge in [-0.1, -0.05) is 5.16 Å². The Balaban J connectivity index is 1.79. The van der Waals surface area contributed by atoms with Crippen molar-refractivity contribution >= 4 is 32.9 Å². The first-order chi connectivity index (χ1) is 9.81. The third-order valence-electron chi connectivity index (χ3n) is 2.83. The molecule has 0 aliphatic heterocycles. The summed E-state index contributed by atoms with van der Waals surface area (Å²) in [5, 5.41) is 17.4. The van der Waals surface area contributed by atoms with Crippen molar-refractivity contribution in [3.05, 3.63) is 35.2 Å². The van der Waals surface area contributed by atoms with E-state index in [9.17, 15) is 5.11 Å². The van der Waals surface area contributed by atoms with E-state index in [0.29, 0.717) is 16.6 Å². The number of hydrogen-bond acceptors (Lipinski definition) is 7. The smallest absolute Gasteiger partial charge is 0.272 e. The number of pyridine rings is 1. The molecule has 0 aromatic carbocycles. The molecule has 0 amide bonds. The highest BCUT2D eigenvalue weighted by Gasteiger charge is 2.15. The van der Waals surface area contributed by atoms with Crippen LogP contribution in [0.5, 0.6) is 5.75 Å². The molecule has 4 aromatic heterocycles. The predicted molar refractivity (Wildman–Crippen MR) is 77.9 cm³/mol. The van der Waals surface area contributed by atoms with Gasteiger partial charge < -0.3 is 9.63 Å². The Bertz CT molecular complexity index is 894. The van der Waals surface area contributed by atoms with Crippen molar-refractivity contribution in [2.24, 2.45) is 0 Å². The number of thiophene rings is 2. The molecule has 1 N–H and O–H groups in total. The van der Waals surface area contributed by atoms with Crippen LogP contribution in [0.3, 0.4) is 0 Å². The maximum atomic E-state index is 9.67. The van der Waals surface area contributed by atoms with Gasteiger partial charge in [0.2, 0.25) is 5.82 Å². The van der Waals surface area contributed by atoms with Gasteiger partial charge in [-0.3, -0.25) is 4.98 Å². The quantitative estimate of drug-likeness (QED) is 0.610. The standard InChI is InChI=1S/C13H7N3O2S2/c17-9-2-4-20-11(9)13-15-12(16-18-13)7-5-10-8(14-6-7)1-3-19-10/h1-6,17H. The van der Waals surface area contributed by atoms with Gasteiger partial charge in [0.05, 0.1) is 10.2 Å². The molecule has 0 aliphatic rings. The Morgan fingerprint density at radius 2 is 2.05 bits per heavy atom. The maximum Gasteiger partial charge on any atom is 0.272 e. The van der Waals surface area contributed by atoms with Crippen LogP contribution in [0.2, 0.25) is 0 Å². The zero-order chi connectivity index (χ0) is 13.5. The van der Waals surface area contributed by atoms with E-state index in [2.05, 4.69) is 15.1 Å². The lowest BCUT2D eigenvalue weighted by Gasteiger charge is -1.93. The molecule has 4 heterocycles. The summed E-state index contributed by atoms with van der Waals surface area (Å²) in [6, 6.07) is 5.55. The molecule has 0 aliphatic carbocycles. The molecule has 4 aromatic rings. The fourth-order valence-electron chi connectivity index (χ4n) is 1.86. The fourth-order valence-corrected chi connectivity index (χ4v) is 3.35. The SMILES string of the molecule is Oc1ccsc1-c1nc(-c2cnc3ccsc3c2)no1. The summed E-state index contributed by atoms with van der Waals surface area (Å²) in [7, 11) is 0. The van der Waals surface area contributed by atoms with Gasteiger partial charge in [-0.25, -0.2) is 0 Å². The number of rotatable bonds is 2. The Labute approximate surface area is 121 Å². The average Bonchev–Trinajstić information content (AvgIpc) is 3.17. The number of aromatic nitrogens is 3. The molecule has 0 radical (unpaired) electrons. The van der Waals surface area contributed by atoms with Crippen molar-refractivity contribution in [1.29, 1.82) is 0 Å². The number of hydrogen-bond donors (Lipinski definition) is 1. The highest BCUT2D eigenvalue weighted by atomic mass is 32.1. The molecule has 0 unspecified atom stereocenters. The van der Waals surface area contributed by atoms with Crippen LogP contribution in [0.4, 0.5) is 0 Å². The first-order valence-electron chi connectivity index (χ1n) is 5.75. The minimum absolute atomic E-state index is 0.150. The Hall–Kier alpha value is -2.25. The van der Waals surface area contributed by atoms with Gasteiger partial charge in [-0.05, 0) is 29.0 Å². The van der Waals surface area contributed by atoms with Crippen LogP contribution in [-0.2, 0) is 0 Å². The van der Waals surface area contributed by atoms with Gasteiger partial charge in [-0.15, -0.1) is 22.7 Å². The highest BCUT2D eigenvalue weighted by molar-refractivity contribution is 7.17. The summed E-state index contributed by atoms with van der Waals surface area (Å²) in [6.45, 7) is 0. The topological polar surface area (TPSA) is 72.0 Å². The lowest BCUT2D eigenvalue weighted by atomic mass is 10.2. The van der Waals surface area contributed by atoms with Crippen LogP contribution < -0.4 is 0 Å². The molecule has 0 saturated carbocycles. The molecule has 5 nitrogen and oxygen atoms in total. The molecule has 0 bridgehead atoms.